The van der Waals surface area contributed by atoms with Crippen LogP contribution >= 0.6 is 11.3 Å². The maximum Gasteiger partial charge on any atom is 0.317 e. The first-order valence-electron chi connectivity index (χ1n) is 8.56. The monoisotopic (exact) mass is 375 g/mol. The first-order chi connectivity index (χ1) is 12.7. The molecule has 1 aliphatic heterocycles. The number of fused-ring (bicyclic) bond motifs is 1. The van der Waals surface area contributed by atoms with E-state index in [0.717, 1.165) is 54.9 Å². The fourth-order valence-electron chi connectivity index (χ4n) is 2.97. The normalized spacial score (nSPS) is 15.7. The topological polar surface area (TPSA) is 96.5 Å². The van der Waals surface area contributed by atoms with Gasteiger partial charge in [-0.1, -0.05) is 11.3 Å². The number of aromatic nitrogens is 6. The van der Waals surface area contributed by atoms with Gasteiger partial charge in [-0.05, 0) is 6.92 Å². The Morgan fingerprint density at radius 1 is 1.27 bits per heavy atom. The van der Waals surface area contributed by atoms with Crippen molar-refractivity contribution in [2.24, 2.45) is 0 Å². The van der Waals surface area contributed by atoms with E-state index in [1.165, 1.54) is 0 Å². The zero-order valence-corrected chi connectivity index (χ0v) is 15.4. The summed E-state index contributed by atoms with van der Waals surface area (Å²) in [7, 11) is 0. The van der Waals surface area contributed by atoms with Gasteiger partial charge in [-0.2, -0.15) is 10.2 Å². The number of nitrogens with one attached hydrogen (secondary N) is 1. The number of urea groups is 1. The van der Waals surface area contributed by atoms with E-state index in [4.69, 9.17) is 0 Å². The summed E-state index contributed by atoms with van der Waals surface area (Å²) < 4.78 is 3.58. The summed E-state index contributed by atoms with van der Waals surface area (Å²) in [6.45, 7) is 7.28. The van der Waals surface area contributed by atoms with Crippen LogP contribution in [0.4, 0.5) is 4.79 Å². The quantitative estimate of drug-likeness (QED) is 0.685. The van der Waals surface area contributed by atoms with Gasteiger partial charge in [0, 0.05) is 32.7 Å². The highest BCUT2D eigenvalue weighted by Gasteiger charge is 2.21. The molecule has 26 heavy (non-hydrogen) atoms. The number of imidazole rings is 1. The Morgan fingerprint density at radius 2 is 2.12 bits per heavy atom. The molecular formula is C15H21N9OS. The third-order valence-electron chi connectivity index (χ3n) is 4.39. The van der Waals surface area contributed by atoms with Crippen LogP contribution in [0, 0.1) is 6.92 Å². The van der Waals surface area contributed by atoms with Crippen LogP contribution in [0.15, 0.2) is 18.9 Å². The van der Waals surface area contributed by atoms with Gasteiger partial charge in [0.25, 0.3) is 0 Å². The number of nitrogens with zero attached hydrogens (tertiary/aromatic N) is 8. The van der Waals surface area contributed by atoms with Crippen LogP contribution in [0.25, 0.3) is 4.96 Å². The number of amides is 2. The minimum Gasteiger partial charge on any atom is -0.332 e. The molecule has 4 heterocycles. The number of aryl methyl sites for hydroxylation is 1. The smallest absolute Gasteiger partial charge is 0.317 e. The lowest BCUT2D eigenvalue weighted by Gasteiger charge is -2.34. The molecule has 0 atom stereocenters. The van der Waals surface area contributed by atoms with E-state index >= 15 is 0 Å². The molecule has 1 fully saturated rings. The zero-order valence-electron chi connectivity index (χ0n) is 14.6. The summed E-state index contributed by atoms with van der Waals surface area (Å²) >= 11 is 1.54. The summed E-state index contributed by atoms with van der Waals surface area (Å²) in [5, 5.41) is 12.4. The Bertz CT molecular complexity index is 832. The average Bonchev–Trinajstić information content (AvgIpc) is 3.34. The van der Waals surface area contributed by atoms with E-state index < -0.39 is 0 Å². The van der Waals surface area contributed by atoms with E-state index in [1.807, 2.05) is 22.7 Å². The van der Waals surface area contributed by atoms with Crippen molar-refractivity contribution in [2.45, 2.75) is 20.0 Å². The average molecular weight is 375 g/mol. The molecule has 4 rings (SSSR count). The Kier molecular flexibility index (Phi) is 4.80. The largest absolute Gasteiger partial charge is 0.332 e. The second-order valence-corrected chi connectivity index (χ2v) is 7.39. The zero-order chi connectivity index (χ0) is 17.9. The summed E-state index contributed by atoms with van der Waals surface area (Å²) in [5.41, 5.74) is 0.823. The molecule has 1 N–H and O–H groups in total. The molecule has 3 aromatic heterocycles. The first kappa shape index (κ1) is 16.9. The van der Waals surface area contributed by atoms with Crippen molar-refractivity contribution in [3.8, 4) is 0 Å². The SMILES string of the molecule is Cc1nn2cc(CNC(=O)N3CCN(CCn4cncn4)CC3)nc2s1. The van der Waals surface area contributed by atoms with Gasteiger partial charge in [0.15, 0.2) is 0 Å². The van der Waals surface area contributed by atoms with E-state index in [1.54, 1.807) is 28.5 Å². The van der Waals surface area contributed by atoms with Gasteiger partial charge in [0.2, 0.25) is 4.96 Å². The number of carbonyl (C=O) groups excluding carboxylic acids is 1. The summed E-state index contributed by atoms with van der Waals surface area (Å²) in [4.78, 5) is 25.8. The maximum atomic E-state index is 12.4. The van der Waals surface area contributed by atoms with Gasteiger partial charge in [0.1, 0.15) is 17.7 Å². The lowest BCUT2D eigenvalue weighted by atomic mass is 10.3. The molecular weight excluding hydrogens is 354 g/mol. The summed E-state index contributed by atoms with van der Waals surface area (Å²) in [6.07, 6.45) is 5.13. The van der Waals surface area contributed by atoms with Crippen molar-refractivity contribution in [1.82, 2.24) is 44.5 Å². The van der Waals surface area contributed by atoms with Crippen molar-refractivity contribution in [3.63, 3.8) is 0 Å². The van der Waals surface area contributed by atoms with Crippen molar-refractivity contribution in [3.05, 3.63) is 29.6 Å². The fraction of sp³-hybridized carbons (Fsp3) is 0.533. The number of rotatable bonds is 5. The Hall–Kier alpha value is -2.53. The predicted octanol–water partition coefficient (Wildman–Crippen LogP) is 0.218. The van der Waals surface area contributed by atoms with Crippen molar-refractivity contribution < 1.29 is 4.79 Å². The molecule has 11 heteroatoms. The van der Waals surface area contributed by atoms with Crippen molar-refractivity contribution in [1.29, 1.82) is 0 Å². The number of piperazine rings is 1. The Morgan fingerprint density at radius 3 is 2.85 bits per heavy atom. The van der Waals surface area contributed by atoms with E-state index in [9.17, 15) is 4.79 Å². The highest BCUT2D eigenvalue weighted by Crippen LogP contribution is 2.13. The van der Waals surface area contributed by atoms with Gasteiger partial charge in [-0.15, -0.1) is 0 Å². The van der Waals surface area contributed by atoms with E-state index in [-0.39, 0.29) is 6.03 Å². The van der Waals surface area contributed by atoms with Crippen LogP contribution in [0.5, 0.6) is 0 Å². The summed E-state index contributed by atoms with van der Waals surface area (Å²) in [6, 6.07) is -0.0404. The van der Waals surface area contributed by atoms with Crippen molar-refractivity contribution in [2.75, 3.05) is 32.7 Å². The van der Waals surface area contributed by atoms with Gasteiger partial charge >= 0.3 is 6.03 Å². The van der Waals surface area contributed by atoms with E-state index in [2.05, 4.69) is 30.4 Å². The molecule has 0 unspecified atom stereocenters. The molecule has 0 aromatic carbocycles. The number of carbonyl (C=O) groups is 1. The van der Waals surface area contributed by atoms with Crippen LogP contribution < -0.4 is 5.32 Å². The predicted molar refractivity (Wildman–Crippen MR) is 95.9 cm³/mol. The van der Waals surface area contributed by atoms with Crippen LogP contribution in [-0.4, -0.2) is 77.9 Å². The molecule has 10 nitrogen and oxygen atoms in total. The Labute approximate surface area is 154 Å². The second kappa shape index (κ2) is 7.38. The van der Waals surface area contributed by atoms with Gasteiger partial charge in [-0.3, -0.25) is 9.58 Å². The molecule has 0 aliphatic carbocycles. The maximum absolute atomic E-state index is 12.4. The lowest BCUT2D eigenvalue weighted by molar-refractivity contribution is 0.135. The molecule has 1 saturated heterocycles. The summed E-state index contributed by atoms with van der Waals surface area (Å²) in [5.74, 6) is 0. The van der Waals surface area contributed by atoms with Gasteiger partial charge in [-0.25, -0.2) is 19.3 Å². The fourth-order valence-corrected chi connectivity index (χ4v) is 3.72. The number of hydrogen-bond acceptors (Lipinski definition) is 7. The van der Waals surface area contributed by atoms with Crippen LogP contribution in [0.1, 0.15) is 10.7 Å². The third-order valence-corrected chi connectivity index (χ3v) is 5.22. The number of hydrogen-bond donors (Lipinski definition) is 1. The second-order valence-electron chi connectivity index (χ2n) is 6.23. The molecule has 3 aromatic rings. The standard InChI is InChI=1S/C15H21N9OS/c1-12-20-24-9-13(19-15(24)26-12)8-17-14(25)22-5-2-21(3-6-22)4-7-23-11-16-10-18-23/h9-11H,2-8H2,1H3,(H,17,25). The molecule has 0 bridgehead atoms. The van der Waals surface area contributed by atoms with E-state index in [0.29, 0.717) is 6.54 Å². The van der Waals surface area contributed by atoms with Gasteiger partial charge in [0.05, 0.1) is 25.0 Å². The van der Waals surface area contributed by atoms with Crippen LogP contribution in [-0.2, 0) is 13.1 Å². The van der Waals surface area contributed by atoms with Crippen LogP contribution in [0.2, 0.25) is 0 Å². The highest BCUT2D eigenvalue weighted by atomic mass is 32.1. The molecule has 138 valence electrons. The lowest BCUT2D eigenvalue weighted by Crippen LogP contribution is -2.52. The van der Waals surface area contributed by atoms with Crippen LogP contribution in [0.3, 0.4) is 0 Å². The van der Waals surface area contributed by atoms with Gasteiger partial charge < -0.3 is 10.2 Å². The molecule has 1 aliphatic rings. The Balaban J connectivity index is 1.21. The first-order valence-corrected chi connectivity index (χ1v) is 9.38. The minimum atomic E-state index is -0.0404. The molecule has 0 radical (unpaired) electrons. The molecule has 2 amide bonds. The molecule has 0 saturated carbocycles. The third kappa shape index (κ3) is 3.83. The molecule has 0 spiro atoms. The minimum absolute atomic E-state index is 0.0404. The van der Waals surface area contributed by atoms with Crippen molar-refractivity contribution >= 4 is 22.3 Å². The highest BCUT2D eigenvalue weighted by molar-refractivity contribution is 7.16.